The molecule has 2 aromatic rings. The Balaban J connectivity index is 1.87. The predicted octanol–water partition coefficient (Wildman–Crippen LogP) is 3.02. The number of rotatable bonds is 6. The van der Waals surface area contributed by atoms with Crippen LogP contribution < -0.4 is 14.8 Å². The summed E-state index contributed by atoms with van der Waals surface area (Å²) < 4.78 is 20.5. The first-order valence-corrected chi connectivity index (χ1v) is 8.72. The molecule has 8 heteroatoms. The third-order valence-electron chi connectivity index (χ3n) is 3.85. The van der Waals surface area contributed by atoms with E-state index in [0.29, 0.717) is 17.1 Å². The first-order valence-electron chi connectivity index (χ1n) is 8.72. The van der Waals surface area contributed by atoms with E-state index in [9.17, 15) is 14.4 Å². The Morgan fingerprint density at radius 3 is 2.07 bits per heavy atom. The van der Waals surface area contributed by atoms with Gasteiger partial charge in [0.05, 0.1) is 24.3 Å². The van der Waals surface area contributed by atoms with Crippen LogP contribution in [-0.2, 0) is 9.47 Å². The van der Waals surface area contributed by atoms with Crippen molar-refractivity contribution in [3.8, 4) is 11.5 Å². The second-order valence-electron chi connectivity index (χ2n) is 5.76. The van der Waals surface area contributed by atoms with Crippen LogP contribution in [0.3, 0.4) is 0 Å². The molecule has 8 nitrogen and oxygen atoms in total. The van der Waals surface area contributed by atoms with Crippen LogP contribution in [0.5, 0.6) is 11.5 Å². The average Bonchev–Trinajstić information content (AvgIpc) is 3.16. The summed E-state index contributed by atoms with van der Waals surface area (Å²) >= 11 is 0. The summed E-state index contributed by atoms with van der Waals surface area (Å²) in [5.41, 5.74) is 0.863. The fraction of sp³-hybridized carbons (Fsp3) is 0.250. The standard InChI is InChI=1S/C20H19NO7/c1-3-25-19(23)13-7-14(20(24)26-4-2)9-15(8-13)21-18(22)12-5-6-16-17(10-12)28-11-27-16/h5-10H,3-4,11H2,1-2H3,(H,21,22). The smallest absolute Gasteiger partial charge is 0.338 e. The van der Waals surface area contributed by atoms with E-state index in [-0.39, 0.29) is 36.8 Å². The minimum Gasteiger partial charge on any atom is -0.462 e. The highest BCUT2D eigenvalue weighted by atomic mass is 16.7. The van der Waals surface area contributed by atoms with Crippen LogP contribution in [0.2, 0.25) is 0 Å². The number of esters is 2. The van der Waals surface area contributed by atoms with E-state index in [4.69, 9.17) is 18.9 Å². The molecule has 0 spiro atoms. The average molecular weight is 385 g/mol. The van der Waals surface area contributed by atoms with Crippen molar-refractivity contribution in [1.82, 2.24) is 0 Å². The van der Waals surface area contributed by atoms with Gasteiger partial charge in [-0.15, -0.1) is 0 Å². The van der Waals surface area contributed by atoms with Gasteiger partial charge in [-0.3, -0.25) is 4.79 Å². The Hall–Kier alpha value is -3.55. The molecule has 1 amide bonds. The number of nitrogens with one attached hydrogen (secondary N) is 1. The van der Waals surface area contributed by atoms with Gasteiger partial charge in [0.25, 0.3) is 5.91 Å². The molecule has 2 aromatic carbocycles. The summed E-state index contributed by atoms with van der Waals surface area (Å²) in [6.07, 6.45) is 0. The molecule has 0 saturated carbocycles. The van der Waals surface area contributed by atoms with E-state index in [1.165, 1.54) is 18.2 Å². The predicted molar refractivity (Wildman–Crippen MR) is 98.9 cm³/mol. The maximum atomic E-state index is 12.6. The van der Waals surface area contributed by atoms with Crippen molar-refractivity contribution in [3.05, 3.63) is 53.1 Å². The topological polar surface area (TPSA) is 100 Å². The van der Waals surface area contributed by atoms with Gasteiger partial charge in [0.1, 0.15) is 0 Å². The van der Waals surface area contributed by atoms with Crippen molar-refractivity contribution in [3.63, 3.8) is 0 Å². The van der Waals surface area contributed by atoms with Crippen LogP contribution in [0, 0.1) is 0 Å². The monoisotopic (exact) mass is 385 g/mol. The molecule has 0 radical (unpaired) electrons. The summed E-state index contributed by atoms with van der Waals surface area (Å²) in [7, 11) is 0. The maximum absolute atomic E-state index is 12.6. The fourth-order valence-electron chi connectivity index (χ4n) is 2.61. The molecule has 0 saturated heterocycles. The van der Waals surface area contributed by atoms with Crippen molar-refractivity contribution in [2.24, 2.45) is 0 Å². The highest BCUT2D eigenvalue weighted by Crippen LogP contribution is 2.32. The first kappa shape index (κ1) is 19.2. The lowest BCUT2D eigenvalue weighted by molar-refractivity contribution is 0.0525. The number of benzene rings is 2. The minimum absolute atomic E-state index is 0.102. The van der Waals surface area contributed by atoms with Crippen LogP contribution >= 0.6 is 0 Å². The first-order chi connectivity index (χ1) is 13.5. The van der Waals surface area contributed by atoms with Crippen molar-refractivity contribution in [1.29, 1.82) is 0 Å². The summed E-state index contributed by atoms with van der Waals surface area (Å²) in [6, 6.07) is 9.02. The zero-order valence-corrected chi connectivity index (χ0v) is 15.4. The minimum atomic E-state index is -0.604. The van der Waals surface area contributed by atoms with Gasteiger partial charge in [0.15, 0.2) is 11.5 Å². The Morgan fingerprint density at radius 1 is 0.857 bits per heavy atom. The van der Waals surface area contributed by atoms with Crippen LogP contribution in [-0.4, -0.2) is 37.9 Å². The molecule has 146 valence electrons. The van der Waals surface area contributed by atoms with E-state index < -0.39 is 17.8 Å². The van der Waals surface area contributed by atoms with E-state index in [2.05, 4.69) is 5.32 Å². The molecule has 1 aliphatic heterocycles. The molecule has 0 fully saturated rings. The van der Waals surface area contributed by atoms with Crippen molar-refractivity contribution >= 4 is 23.5 Å². The van der Waals surface area contributed by atoms with Crippen LogP contribution in [0.15, 0.2) is 36.4 Å². The molecule has 0 aliphatic carbocycles. The highest BCUT2D eigenvalue weighted by molar-refractivity contribution is 6.06. The van der Waals surface area contributed by atoms with Gasteiger partial charge >= 0.3 is 11.9 Å². The highest BCUT2D eigenvalue weighted by Gasteiger charge is 2.18. The molecular formula is C20H19NO7. The van der Waals surface area contributed by atoms with E-state index in [0.717, 1.165) is 0 Å². The molecule has 1 aliphatic rings. The van der Waals surface area contributed by atoms with E-state index >= 15 is 0 Å². The zero-order chi connectivity index (χ0) is 20.1. The van der Waals surface area contributed by atoms with Gasteiger partial charge in [-0.25, -0.2) is 9.59 Å². The number of fused-ring (bicyclic) bond motifs is 1. The second kappa shape index (κ2) is 8.43. The Bertz CT molecular complexity index is 887. The summed E-state index contributed by atoms with van der Waals surface area (Å²) in [4.78, 5) is 36.8. The van der Waals surface area contributed by atoms with Crippen LogP contribution in [0.25, 0.3) is 0 Å². The third kappa shape index (κ3) is 4.22. The van der Waals surface area contributed by atoms with Crippen molar-refractivity contribution in [2.45, 2.75) is 13.8 Å². The van der Waals surface area contributed by atoms with Crippen molar-refractivity contribution in [2.75, 3.05) is 25.3 Å². The third-order valence-corrected chi connectivity index (χ3v) is 3.85. The Morgan fingerprint density at radius 2 is 1.46 bits per heavy atom. The fourth-order valence-corrected chi connectivity index (χ4v) is 2.61. The van der Waals surface area contributed by atoms with Gasteiger partial charge in [-0.1, -0.05) is 0 Å². The zero-order valence-electron chi connectivity index (χ0n) is 15.4. The number of anilines is 1. The summed E-state index contributed by atoms with van der Waals surface area (Å²) in [6.45, 7) is 3.82. The molecule has 0 unspecified atom stereocenters. The van der Waals surface area contributed by atoms with Gasteiger partial charge in [0.2, 0.25) is 6.79 Å². The van der Waals surface area contributed by atoms with Crippen molar-refractivity contribution < 1.29 is 33.3 Å². The lowest BCUT2D eigenvalue weighted by Gasteiger charge is -2.11. The van der Waals surface area contributed by atoms with Gasteiger partial charge < -0.3 is 24.3 Å². The molecule has 3 rings (SSSR count). The van der Waals surface area contributed by atoms with E-state index in [1.807, 2.05) is 0 Å². The summed E-state index contributed by atoms with van der Waals surface area (Å²) in [5, 5.41) is 2.67. The normalized spacial score (nSPS) is 11.6. The van der Waals surface area contributed by atoms with Gasteiger partial charge in [0, 0.05) is 11.3 Å². The number of carbonyl (C=O) groups is 3. The Labute approximate surface area is 161 Å². The van der Waals surface area contributed by atoms with Gasteiger partial charge in [-0.05, 0) is 50.2 Å². The summed E-state index contributed by atoms with van der Waals surface area (Å²) in [5.74, 6) is -0.612. The number of ether oxygens (including phenoxy) is 4. The molecule has 1 heterocycles. The largest absolute Gasteiger partial charge is 0.462 e. The maximum Gasteiger partial charge on any atom is 0.338 e. The molecule has 0 atom stereocenters. The van der Waals surface area contributed by atoms with Gasteiger partial charge in [-0.2, -0.15) is 0 Å². The van der Waals surface area contributed by atoms with Crippen LogP contribution in [0.4, 0.5) is 5.69 Å². The van der Waals surface area contributed by atoms with Crippen LogP contribution in [0.1, 0.15) is 44.9 Å². The quantitative estimate of drug-likeness (QED) is 0.763. The number of hydrogen-bond acceptors (Lipinski definition) is 7. The number of hydrogen-bond donors (Lipinski definition) is 1. The lowest BCUT2D eigenvalue weighted by Crippen LogP contribution is -2.15. The molecule has 1 N–H and O–H groups in total. The lowest BCUT2D eigenvalue weighted by atomic mass is 10.1. The van der Waals surface area contributed by atoms with E-state index in [1.54, 1.807) is 32.0 Å². The molecule has 0 bridgehead atoms. The second-order valence-corrected chi connectivity index (χ2v) is 5.76. The number of carbonyl (C=O) groups excluding carboxylic acids is 3. The molecule has 28 heavy (non-hydrogen) atoms. The number of amides is 1. The molecule has 0 aromatic heterocycles. The molecular weight excluding hydrogens is 366 g/mol. The SMILES string of the molecule is CCOC(=O)c1cc(NC(=O)c2ccc3c(c2)OCO3)cc(C(=O)OCC)c1. The Kier molecular flexibility index (Phi) is 5.78.